The van der Waals surface area contributed by atoms with Gasteiger partial charge in [-0.05, 0) is 138 Å². The summed E-state index contributed by atoms with van der Waals surface area (Å²) in [5, 5.41) is 22.7. The highest BCUT2D eigenvalue weighted by atomic mass is 16.3. The second-order valence-corrected chi connectivity index (χ2v) is 20.5. The highest BCUT2D eigenvalue weighted by Crippen LogP contribution is 2.70. The summed E-state index contributed by atoms with van der Waals surface area (Å²) >= 11 is 0. The lowest BCUT2D eigenvalue weighted by molar-refractivity contribution is -0.116. The number of allylic oxidation sites excluding steroid dienone is 8. The van der Waals surface area contributed by atoms with Gasteiger partial charge in [0.1, 0.15) is 28.6 Å². The van der Waals surface area contributed by atoms with Gasteiger partial charge in [0.2, 0.25) is 0 Å². The highest BCUT2D eigenvalue weighted by Gasteiger charge is 2.65. The molecule has 6 nitrogen and oxygen atoms in total. The van der Waals surface area contributed by atoms with Crippen molar-refractivity contribution in [1.29, 1.82) is 0 Å². The number of hydrogen-bond donors (Lipinski definition) is 2. The molecule has 0 saturated heterocycles. The van der Waals surface area contributed by atoms with E-state index in [1.54, 1.807) is 6.08 Å². The fourth-order valence-electron chi connectivity index (χ4n) is 14.2. The molecule has 2 aromatic rings. The molecule has 10 rings (SSSR count). The molecule has 8 aliphatic carbocycles. The van der Waals surface area contributed by atoms with Gasteiger partial charge in [-0.15, -0.1) is 13.0 Å². The number of furan rings is 2. The largest absolute Gasteiger partial charge is 0.466 e. The van der Waals surface area contributed by atoms with E-state index in [9.17, 15) is 19.8 Å². The molecule has 0 spiro atoms. The standard InChI is InChI=1S/C26H32O3.C26H30O3.H2/c2*1-5-26(28)13-10-21-23-19(22-7-6-16(2)29-22)15-17-14-18(27)8-11-24(17,3)20(23)9-12-25(21,26)4;/h5-7,9,14,19,21,23,28H,1,8,10-13,15H2,2-4H3;1,6-7,9,14,19,21,23,28H,8,10-13,15H2,2-4H3;1H/t2*19-,21?,23?,24-,25-,26-;/m00./s1. The summed E-state index contributed by atoms with van der Waals surface area (Å²) in [4.78, 5) is 24.5. The van der Waals surface area contributed by atoms with Gasteiger partial charge in [0, 0.05) is 47.8 Å². The molecule has 0 aliphatic heterocycles. The number of aryl methyl sites for hydroxylation is 2. The second kappa shape index (κ2) is 13.3. The molecule has 0 bridgehead atoms. The van der Waals surface area contributed by atoms with Crippen molar-refractivity contribution < 1.29 is 30.1 Å². The maximum absolute atomic E-state index is 12.3. The molecular formula is C52H64O6. The topological polar surface area (TPSA) is 101 Å². The van der Waals surface area contributed by atoms with Crippen molar-refractivity contribution >= 4 is 11.6 Å². The van der Waals surface area contributed by atoms with Crippen LogP contribution in [-0.2, 0) is 9.59 Å². The Hall–Kier alpha value is -3.92. The van der Waals surface area contributed by atoms with Crippen LogP contribution in [0.5, 0.6) is 0 Å². The normalized spacial score (nSPS) is 43.6. The summed E-state index contributed by atoms with van der Waals surface area (Å²) in [7, 11) is 0. The number of fused-ring (bicyclic) bond motifs is 10. The van der Waals surface area contributed by atoms with Crippen LogP contribution in [0.3, 0.4) is 0 Å². The summed E-state index contributed by atoms with van der Waals surface area (Å²) < 4.78 is 12.3. The highest BCUT2D eigenvalue weighted by molar-refractivity contribution is 5.92. The minimum atomic E-state index is -1.05. The van der Waals surface area contributed by atoms with Gasteiger partial charge in [-0.25, -0.2) is 0 Å². The van der Waals surface area contributed by atoms with Crippen LogP contribution in [0.4, 0.5) is 0 Å². The Morgan fingerprint density at radius 1 is 0.741 bits per heavy atom. The van der Waals surface area contributed by atoms with Crippen molar-refractivity contribution in [2.75, 3.05) is 0 Å². The smallest absolute Gasteiger partial charge is 0.155 e. The summed E-state index contributed by atoms with van der Waals surface area (Å²) in [6.07, 6.45) is 26.0. The van der Waals surface area contributed by atoms with Crippen molar-refractivity contribution in [3.05, 3.63) is 107 Å². The Morgan fingerprint density at radius 3 is 1.66 bits per heavy atom. The lowest BCUT2D eigenvalue weighted by Gasteiger charge is -2.56. The minimum Gasteiger partial charge on any atom is -0.466 e. The number of hydrogen-bond acceptors (Lipinski definition) is 6. The number of aliphatic hydroxyl groups is 2. The Morgan fingerprint density at radius 2 is 1.21 bits per heavy atom. The molecule has 12 atom stereocenters. The predicted octanol–water partition coefficient (Wildman–Crippen LogP) is 11.0. The van der Waals surface area contributed by atoms with Crippen LogP contribution in [-0.4, -0.2) is 33.0 Å². The van der Waals surface area contributed by atoms with E-state index in [0.29, 0.717) is 37.0 Å². The first-order chi connectivity index (χ1) is 27.4. The van der Waals surface area contributed by atoms with Crippen molar-refractivity contribution in [3.8, 4) is 12.3 Å². The van der Waals surface area contributed by atoms with Crippen LogP contribution < -0.4 is 0 Å². The van der Waals surface area contributed by atoms with Crippen molar-refractivity contribution in [2.45, 2.75) is 142 Å². The lowest BCUT2D eigenvalue weighted by Crippen LogP contribution is -2.51. The van der Waals surface area contributed by atoms with E-state index < -0.39 is 11.2 Å². The zero-order chi connectivity index (χ0) is 41.2. The zero-order valence-corrected chi connectivity index (χ0v) is 35.5. The molecule has 4 fully saturated rings. The molecule has 0 radical (unpaired) electrons. The van der Waals surface area contributed by atoms with Gasteiger partial charge >= 0.3 is 0 Å². The molecule has 0 aromatic carbocycles. The van der Waals surface area contributed by atoms with E-state index in [2.05, 4.69) is 64.5 Å². The van der Waals surface area contributed by atoms with Crippen LogP contribution in [0.2, 0.25) is 0 Å². The fraction of sp³-hybridized carbons (Fsp3) is 0.577. The molecule has 0 amide bonds. The van der Waals surface area contributed by atoms with Crippen molar-refractivity contribution in [3.63, 3.8) is 0 Å². The quantitative estimate of drug-likeness (QED) is 0.237. The molecule has 2 N–H and O–H groups in total. The molecule has 2 heterocycles. The number of terminal acetylenes is 1. The van der Waals surface area contributed by atoms with E-state index in [-0.39, 0.29) is 52.4 Å². The molecule has 2 aromatic heterocycles. The Labute approximate surface area is 346 Å². The van der Waals surface area contributed by atoms with Crippen LogP contribution in [0, 0.1) is 71.5 Å². The van der Waals surface area contributed by atoms with E-state index in [1.165, 1.54) is 22.3 Å². The second-order valence-electron chi connectivity index (χ2n) is 20.5. The SMILES string of the molecule is C#C[C@]1(O)CCC2C3C(=CC[C@@]21C)[C@@]1(C)CCC(=O)C=C1C[C@H]3c1ccc(C)o1.C=C[C@]1(O)CCC2C3C(=CC[C@@]21C)[C@@]1(C)CCC(=O)C=C1C[C@H]3c1ccc(C)o1.[HH]. The first-order valence-electron chi connectivity index (χ1n) is 22.0. The van der Waals surface area contributed by atoms with Gasteiger partial charge in [-0.2, -0.15) is 0 Å². The third-order valence-corrected chi connectivity index (χ3v) is 18.0. The van der Waals surface area contributed by atoms with E-state index in [0.717, 1.165) is 80.8 Å². The summed E-state index contributed by atoms with van der Waals surface area (Å²) in [6.45, 7) is 17.1. The third kappa shape index (κ3) is 5.44. The number of ketones is 2. The van der Waals surface area contributed by atoms with E-state index in [4.69, 9.17) is 15.3 Å². The maximum Gasteiger partial charge on any atom is 0.155 e. The van der Waals surface area contributed by atoms with E-state index >= 15 is 0 Å². The van der Waals surface area contributed by atoms with Gasteiger partial charge < -0.3 is 19.0 Å². The fourth-order valence-corrected chi connectivity index (χ4v) is 14.2. The van der Waals surface area contributed by atoms with Crippen molar-refractivity contribution in [2.24, 2.45) is 45.3 Å². The van der Waals surface area contributed by atoms with Crippen LogP contribution >= 0.6 is 0 Å². The Kier molecular flexibility index (Phi) is 9.06. The Bertz CT molecular complexity index is 2260. The minimum absolute atomic E-state index is 0. The lowest BCUT2D eigenvalue weighted by atomic mass is 9.48. The van der Waals surface area contributed by atoms with Gasteiger partial charge in [0.15, 0.2) is 11.6 Å². The average molecular weight is 785 g/mol. The summed E-state index contributed by atoms with van der Waals surface area (Å²) in [5.74, 6) is 8.86. The number of rotatable bonds is 3. The van der Waals surface area contributed by atoms with Gasteiger partial charge in [0.05, 0.1) is 5.60 Å². The average Bonchev–Trinajstić information content (AvgIpc) is 3.96. The number of carbonyl (C=O) groups is 2. The van der Waals surface area contributed by atoms with Crippen molar-refractivity contribution in [1.82, 2.24) is 0 Å². The first kappa shape index (κ1) is 39.5. The molecular weight excluding hydrogens is 721 g/mol. The molecule has 6 heteroatoms. The molecule has 58 heavy (non-hydrogen) atoms. The number of carbonyl (C=O) groups excluding carboxylic acids is 2. The molecule has 4 unspecified atom stereocenters. The first-order valence-corrected chi connectivity index (χ1v) is 22.0. The predicted molar refractivity (Wildman–Crippen MR) is 228 cm³/mol. The van der Waals surface area contributed by atoms with Crippen LogP contribution in [0.15, 0.2) is 92.4 Å². The molecule has 8 aliphatic rings. The third-order valence-electron chi connectivity index (χ3n) is 18.0. The van der Waals surface area contributed by atoms with Crippen LogP contribution in [0.25, 0.3) is 0 Å². The van der Waals surface area contributed by atoms with Gasteiger partial charge in [0.25, 0.3) is 0 Å². The monoisotopic (exact) mass is 784 g/mol. The Balaban J connectivity index is 0.000000161. The summed E-state index contributed by atoms with van der Waals surface area (Å²) in [5.41, 5.74) is 2.97. The summed E-state index contributed by atoms with van der Waals surface area (Å²) in [6, 6.07) is 8.29. The van der Waals surface area contributed by atoms with Crippen LogP contribution in [0.1, 0.15) is 141 Å². The zero-order valence-electron chi connectivity index (χ0n) is 35.5. The molecule has 4 saturated carbocycles. The maximum atomic E-state index is 12.3. The van der Waals surface area contributed by atoms with Gasteiger partial charge in [-0.1, -0.05) is 74.1 Å². The van der Waals surface area contributed by atoms with E-state index in [1.807, 2.05) is 38.1 Å². The van der Waals surface area contributed by atoms with Gasteiger partial charge in [-0.3, -0.25) is 9.59 Å². The molecule has 308 valence electrons.